The summed E-state index contributed by atoms with van der Waals surface area (Å²) >= 11 is 0. The number of rotatable bonds is 3. The molecule has 1 aliphatic carbocycles. The molecule has 0 amide bonds. The topological polar surface area (TPSA) is 49.8 Å². The molecular formula is C17H22N4. The van der Waals surface area contributed by atoms with Gasteiger partial charge in [-0.15, -0.1) is 0 Å². The van der Waals surface area contributed by atoms with Crippen molar-refractivity contribution >= 4 is 17.3 Å². The lowest BCUT2D eigenvalue weighted by atomic mass is 9.90. The van der Waals surface area contributed by atoms with Gasteiger partial charge in [0.15, 0.2) is 0 Å². The molecule has 4 heteroatoms. The summed E-state index contributed by atoms with van der Waals surface area (Å²) in [5, 5.41) is 6.66. The molecule has 4 nitrogen and oxygen atoms in total. The second kappa shape index (κ2) is 5.72. The Morgan fingerprint density at radius 2 is 1.76 bits per heavy atom. The zero-order valence-corrected chi connectivity index (χ0v) is 13.0. The number of fused-ring (bicyclic) bond motifs is 1. The predicted octanol–water partition coefficient (Wildman–Crippen LogP) is 3.76. The summed E-state index contributed by atoms with van der Waals surface area (Å²) in [6, 6.07) is 6.53. The van der Waals surface area contributed by atoms with E-state index in [0.29, 0.717) is 0 Å². The highest BCUT2D eigenvalue weighted by Gasteiger charge is 2.15. The van der Waals surface area contributed by atoms with E-state index in [9.17, 15) is 0 Å². The van der Waals surface area contributed by atoms with Crippen LogP contribution in [-0.2, 0) is 12.8 Å². The highest BCUT2D eigenvalue weighted by Crippen LogP contribution is 2.31. The maximum absolute atomic E-state index is 4.56. The van der Waals surface area contributed by atoms with Crippen LogP contribution in [0.4, 0.5) is 17.3 Å². The molecule has 0 radical (unpaired) electrons. The van der Waals surface area contributed by atoms with Crippen LogP contribution in [0.2, 0.25) is 0 Å². The van der Waals surface area contributed by atoms with E-state index in [-0.39, 0.29) is 0 Å². The average molecular weight is 282 g/mol. The Hall–Kier alpha value is -2.10. The van der Waals surface area contributed by atoms with E-state index in [4.69, 9.17) is 0 Å². The Morgan fingerprint density at radius 1 is 1.00 bits per heavy atom. The van der Waals surface area contributed by atoms with Crippen LogP contribution in [0.5, 0.6) is 0 Å². The third-order valence-electron chi connectivity index (χ3n) is 4.14. The molecular weight excluding hydrogens is 260 g/mol. The van der Waals surface area contributed by atoms with Crippen LogP contribution < -0.4 is 10.6 Å². The van der Waals surface area contributed by atoms with Gasteiger partial charge in [-0.1, -0.05) is 12.1 Å². The molecule has 21 heavy (non-hydrogen) atoms. The molecule has 3 rings (SSSR count). The molecule has 0 saturated carbocycles. The van der Waals surface area contributed by atoms with Crippen LogP contribution in [0.25, 0.3) is 0 Å². The first kappa shape index (κ1) is 13.9. The fourth-order valence-corrected chi connectivity index (χ4v) is 3.02. The van der Waals surface area contributed by atoms with Crippen LogP contribution in [-0.4, -0.2) is 17.0 Å². The van der Waals surface area contributed by atoms with E-state index in [0.717, 1.165) is 29.4 Å². The van der Waals surface area contributed by atoms with E-state index in [1.165, 1.54) is 36.1 Å². The van der Waals surface area contributed by atoms with Gasteiger partial charge in [0, 0.05) is 18.3 Å². The normalized spacial score (nSPS) is 13.7. The Kier molecular flexibility index (Phi) is 3.78. The van der Waals surface area contributed by atoms with E-state index in [1.807, 2.05) is 20.9 Å². The minimum atomic E-state index is 0.775. The molecule has 0 saturated heterocycles. The SMILES string of the molecule is CNc1nc(C)nc(Nc2cccc3c2CCCC3)c1C. The number of nitrogens with one attached hydrogen (secondary N) is 2. The lowest BCUT2D eigenvalue weighted by Gasteiger charge is -2.21. The zero-order chi connectivity index (χ0) is 14.8. The van der Waals surface area contributed by atoms with Gasteiger partial charge in [-0.25, -0.2) is 9.97 Å². The number of nitrogens with zero attached hydrogens (tertiary/aromatic N) is 2. The van der Waals surface area contributed by atoms with Crippen LogP contribution in [0, 0.1) is 13.8 Å². The molecule has 2 aromatic rings. The van der Waals surface area contributed by atoms with Gasteiger partial charge in [0.05, 0.1) is 0 Å². The molecule has 0 spiro atoms. The largest absolute Gasteiger partial charge is 0.373 e. The average Bonchev–Trinajstić information content (AvgIpc) is 2.51. The molecule has 0 fully saturated rings. The fourth-order valence-electron chi connectivity index (χ4n) is 3.02. The maximum atomic E-state index is 4.56. The van der Waals surface area contributed by atoms with E-state index in [2.05, 4.69) is 38.8 Å². The third-order valence-corrected chi connectivity index (χ3v) is 4.14. The number of benzene rings is 1. The number of hydrogen-bond donors (Lipinski definition) is 2. The minimum absolute atomic E-state index is 0.775. The van der Waals surface area contributed by atoms with Gasteiger partial charge in [-0.2, -0.15) is 0 Å². The Balaban J connectivity index is 1.99. The monoisotopic (exact) mass is 282 g/mol. The van der Waals surface area contributed by atoms with Crippen molar-refractivity contribution in [2.24, 2.45) is 0 Å². The molecule has 0 aliphatic heterocycles. The molecule has 110 valence electrons. The molecule has 0 bridgehead atoms. The number of aryl methyl sites for hydroxylation is 2. The second-order valence-electron chi connectivity index (χ2n) is 5.62. The van der Waals surface area contributed by atoms with Crippen molar-refractivity contribution in [3.8, 4) is 0 Å². The molecule has 1 aliphatic rings. The molecule has 1 aromatic heterocycles. The van der Waals surface area contributed by atoms with Gasteiger partial charge in [-0.05, 0) is 56.7 Å². The van der Waals surface area contributed by atoms with Gasteiger partial charge >= 0.3 is 0 Å². The fraction of sp³-hybridized carbons (Fsp3) is 0.412. The van der Waals surface area contributed by atoms with Gasteiger partial charge in [-0.3, -0.25) is 0 Å². The van der Waals surface area contributed by atoms with Crippen molar-refractivity contribution in [1.82, 2.24) is 9.97 Å². The lowest BCUT2D eigenvalue weighted by molar-refractivity contribution is 0.687. The summed E-state index contributed by atoms with van der Waals surface area (Å²) < 4.78 is 0. The summed E-state index contributed by atoms with van der Waals surface area (Å²) in [5.74, 6) is 2.55. The third kappa shape index (κ3) is 2.71. The van der Waals surface area contributed by atoms with Crippen LogP contribution in [0.15, 0.2) is 18.2 Å². The summed E-state index contributed by atoms with van der Waals surface area (Å²) in [6.07, 6.45) is 4.91. The van der Waals surface area contributed by atoms with E-state index >= 15 is 0 Å². The van der Waals surface area contributed by atoms with Crippen molar-refractivity contribution in [3.63, 3.8) is 0 Å². The quantitative estimate of drug-likeness (QED) is 0.900. The van der Waals surface area contributed by atoms with Gasteiger partial charge in [0.25, 0.3) is 0 Å². The Morgan fingerprint density at radius 3 is 2.57 bits per heavy atom. The zero-order valence-electron chi connectivity index (χ0n) is 13.0. The molecule has 0 atom stereocenters. The Bertz CT molecular complexity index is 664. The van der Waals surface area contributed by atoms with Gasteiger partial charge in [0.2, 0.25) is 0 Å². The van der Waals surface area contributed by atoms with Crippen molar-refractivity contribution < 1.29 is 0 Å². The first-order chi connectivity index (χ1) is 10.2. The lowest BCUT2D eigenvalue weighted by Crippen LogP contribution is -2.09. The predicted molar refractivity (Wildman–Crippen MR) is 87.4 cm³/mol. The molecule has 1 aromatic carbocycles. The smallest absolute Gasteiger partial charge is 0.139 e. The van der Waals surface area contributed by atoms with Gasteiger partial charge < -0.3 is 10.6 Å². The first-order valence-electron chi connectivity index (χ1n) is 7.60. The standard InChI is InChI=1S/C17H22N4/c1-11-16(18-3)19-12(2)20-17(11)21-15-10-6-8-13-7-4-5-9-14(13)15/h6,8,10H,4-5,7,9H2,1-3H3,(H2,18,19,20,21). The van der Waals surface area contributed by atoms with E-state index in [1.54, 1.807) is 0 Å². The van der Waals surface area contributed by atoms with Gasteiger partial charge in [0.1, 0.15) is 17.5 Å². The summed E-state index contributed by atoms with van der Waals surface area (Å²) in [5.41, 5.74) is 5.17. The maximum Gasteiger partial charge on any atom is 0.139 e. The molecule has 1 heterocycles. The van der Waals surface area contributed by atoms with Crippen molar-refractivity contribution in [2.75, 3.05) is 17.7 Å². The number of anilines is 3. The first-order valence-corrected chi connectivity index (χ1v) is 7.60. The summed E-state index contributed by atoms with van der Waals surface area (Å²) in [6.45, 7) is 3.97. The highest BCUT2D eigenvalue weighted by molar-refractivity contribution is 5.68. The van der Waals surface area contributed by atoms with Crippen LogP contribution in [0.1, 0.15) is 35.4 Å². The van der Waals surface area contributed by atoms with Crippen molar-refractivity contribution in [3.05, 3.63) is 40.7 Å². The Labute approximate surface area is 126 Å². The number of aromatic nitrogens is 2. The summed E-state index contributed by atoms with van der Waals surface area (Å²) in [4.78, 5) is 8.98. The summed E-state index contributed by atoms with van der Waals surface area (Å²) in [7, 11) is 1.89. The molecule has 2 N–H and O–H groups in total. The highest BCUT2D eigenvalue weighted by atomic mass is 15.1. The van der Waals surface area contributed by atoms with Crippen LogP contribution in [0.3, 0.4) is 0 Å². The number of hydrogen-bond acceptors (Lipinski definition) is 4. The van der Waals surface area contributed by atoms with E-state index < -0.39 is 0 Å². The van der Waals surface area contributed by atoms with Crippen LogP contribution >= 0.6 is 0 Å². The second-order valence-corrected chi connectivity index (χ2v) is 5.62. The minimum Gasteiger partial charge on any atom is -0.373 e. The van der Waals surface area contributed by atoms with Crippen molar-refractivity contribution in [2.45, 2.75) is 39.5 Å². The molecule has 0 unspecified atom stereocenters. The van der Waals surface area contributed by atoms with Crippen molar-refractivity contribution in [1.29, 1.82) is 0 Å².